The number of carbonyl (C=O) groups excluding carboxylic acids is 1. The van der Waals surface area contributed by atoms with Crippen molar-refractivity contribution < 1.29 is 13.9 Å². The van der Waals surface area contributed by atoms with E-state index in [1.54, 1.807) is 12.1 Å². The molecule has 0 unspecified atom stereocenters. The highest BCUT2D eigenvalue weighted by molar-refractivity contribution is 6.07. The third-order valence-electron chi connectivity index (χ3n) is 8.27. The number of carbonyl (C=O) groups is 1. The summed E-state index contributed by atoms with van der Waals surface area (Å²) in [6.07, 6.45) is 3.32. The van der Waals surface area contributed by atoms with E-state index in [1.165, 1.54) is 5.56 Å². The van der Waals surface area contributed by atoms with Crippen molar-refractivity contribution in [1.29, 1.82) is 0 Å². The zero-order valence-corrected chi connectivity index (χ0v) is 22.5. The monoisotopic (exact) mass is 517 g/mol. The molecule has 0 saturated carbocycles. The Morgan fingerprint density at radius 1 is 0.868 bits per heavy atom. The topological polar surface area (TPSA) is 36.0 Å². The molecule has 3 aromatic rings. The zero-order chi connectivity index (χ0) is 26.3. The number of nitrogens with zero attached hydrogens (tertiary/aromatic N) is 3. The van der Waals surface area contributed by atoms with E-state index in [0.717, 1.165) is 94.6 Å². The van der Waals surface area contributed by atoms with Gasteiger partial charge in [0.2, 0.25) is 0 Å². The van der Waals surface area contributed by atoms with Crippen LogP contribution in [0.25, 0.3) is 10.8 Å². The van der Waals surface area contributed by atoms with Gasteiger partial charge in [-0.1, -0.05) is 48.5 Å². The van der Waals surface area contributed by atoms with Gasteiger partial charge in [-0.15, -0.1) is 0 Å². The van der Waals surface area contributed by atoms with E-state index in [1.807, 2.05) is 47.4 Å². The number of piperidine rings is 1. The molecule has 3 heterocycles. The molecule has 5 nitrogen and oxygen atoms in total. The molecule has 0 aromatic heterocycles. The van der Waals surface area contributed by atoms with Crippen LogP contribution in [0.3, 0.4) is 0 Å². The minimum atomic E-state index is -0.162. The largest absolute Gasteiger partial charge is 0.379 e. The molecule has 1 atom stereocenters. The summed E-state index contributed by atoms with van der Waals surface area (Å²) < 4.78 is 18.3. The molecule has 202 valence electrons. The van der Waals surface area contributed by atoms with Gasteiger partial charge in [0.25, 0.3) is 5.91 Å². The van der Waals surface area contributed by atoms with Crippen LogP contribution in [0.5, 0.6) is 0 Å². The van der Waals surface area contributed by atoms with Crippen LogP contribution in [-0.4, -0.2) is 86.7 Å². The maximum Gasteiger partial charge on any atom is 0.254 e. The van der Waals surface area contributed by atoms with Crippen LogP contribution < -0.4 is 0 Å². The molecule has 0 N–H and O–H groups in total. The predicted octanol–water partition coefficient (Wildman–Crippen LogP) is 5.27. The molecular weight excluding hydrogens is 477 g/mol. The summed E-state index contributed by atoms with van der Waals surface area (Å²) in [6, 6.07) is 21.1. The van der Waals surface area contributed by atoms with E-state index < -0.39 is 0 Å². The third kappa shape index (κ3) is 6.79. The highest BCUT2D eigenvalue weighted by Crippen LogP contribution is 2.30. The van der Waals surface area contributed by atoms with Gasteiger partial charge in [0.1, 0.15) is 5.82 Å². The molecule has 0 aliphatic carbocycles. The van der Waals surface area contributed by atoms with E-state index in [-0.39, 0.29) is 11.7 Å². The lowest BCUT2D eigenvalue weighted by molar-refractivity contribution is 0.0503. The average Bonchev–Trinajstić information content (AvgIpc) is 3.42. The highest BCUT2D eigenvalue weighted by Gasteiger charge is 2.30. The molecule has 0 spiro atoms. The molecular formula is C32H40FN3O2. The van der Waals surface area contributed by atoms with E-state index in [4.69, 9.17) is 4.74 Å². The van der Waals surface area contributed by atoms with Crippen molar-refractivity contribution in [2.45, 2.75) is 25.2 Å². The standard InChI is InChI=1S/C27H29FN2O.C5H11NO/c28-24-10-8-21(9-11-24)22-13-15-29(16-14-22)18-20-12-17-30(19-20)27(31)26-7-3-5-23-4-1-2-6-25(23)26;1-6-2-4-7-5-3-6/h1-11,20,22H,12-19H2;2-5H2,1H3/t20-;/m1./s1. The van der Waals surface area contributed by atoms with Crippen molar-refractivity contribution >= 4 is 16.7 Å². The van der Waals surface area contributed by atoms with Gasteiger partial charge in [-0.2, -0.15) is 0 Å². The van der Waals surface area contributed by atoms with Crippen molar-refractivity contribution in [3.8, 4) is 0 Å². The van der Waals surface area contributed by atoms with E-state index in [2.05, 4.69) is 29.0 Å². The normalized spacial score (nSPS) is 21.3. The van der Waals surface area contributed by atoms with Crippen LogP contribution in [0.15, 0.2) is 66.7 Å². The van der Waals surface area contributed by atoms with Gasteiger partial charge in [-0.05, 0) is 85.8 Å². The van der Waals surface area contributed by atoms with Crippen LogP contribution in [0.1, 0.15) is 41.1 Å². The Hall–Kier alpha value is -2.80. The van der Waals surface area contributed by atoms with Crippen molar-refractivity contribution in [3.63, 3.8) is 0 Å². The number of likely N-dealkylation sites (tertiary alicyclic amines) is 2. The second kappa shape index (κ2) is 12.8. The molecule has 3 saturated heterocycles. The third-order valence-corrected chi connectivity index (χ3v) is 8.27. The SMILES string of the molecule is CN1CCOCC1.O=C(c1cccc2ccccc12)N1CC[C@H](CN2CCC(c3ccc(F)cc3)CC2)C1. The highest BCUT2D eigenvalue weighted by atomic mass is 19.1. The number of morpholine rings is 1. The number of hydrogen-bond donors (Lipinski definition) is 0. The maximum absolute atomic E-state index is 13.2. The smallest absolute Gasteiger partial charge is 0.254 e. The summed E-state index contributed by atoms with van der Waals surface area (Å²) in [5, 5.41) is 2.16. The fraction of sp³-hybridized carbons (Fsp3) is 0.469. The summed E-state index contributed by atoms with van der Waals surface area (Å²) in [4.78, 5) is 20.1. The first-order valence-corrected chi connectivity index (χ1v) is 14.1. The van der Waals surface area contributed by atoms with Gasteiger partial charge in [0.15, 0.2) is 0 Å². The van der Waals surface area contributed by atoms with Crippen molar-refractivity contribution in [2.75, 3.05) is 66.1 Å². The molecule has 0 bridgehead atoms. The Kier molecular flexibility index (Phi) is 9.05. The molecule has 3 aliphatic rings. The Balaban J connectivity index is 0.000000366. The first kappa shape index (κ1) is 26.8. The average molecular weight is 518 g/mol. The summed E-state index contributed by atoms with van der Waals surface area (Å²) in [5.74, 6) is 1.07. The van der Waals surface area contributed by atoms with Crippen LogP contribution in [0.2, 0.25) is 0 Å². The minimum absolute atomic E-state index is 0.161. The molecule has 6 heteroatoms. The molecule has 3 aromatic carbocycles. The maximum atomic E-state index is 13.2. The Morgan fingerprint density at radius 3 is 2.29 bits per heavy atom. The fourth-order valence-electron chi connectivity index (χ4n) is 5.95. The quantitative estimate of drug-likeness (QED) is 0.473. The number of rotatable bonds is 4. The number of halogens is 1. The molecule has 3 fully saturated rings. The lowest BCUT2D eigenvalue weighted by atomic mass is 9.89. The Labute approximate surface area is 226 Å². The van der Waals surface area contributed by atoms with Gasteiger partial charge in [-0.25, -0.2) is 4.39 Å². The first-order valence-electron chi connectivity index (χ1n) is 14.1. The van der Waals surface area contributed by atoms with Gasteiger partial charge in [0.05, 0.1) is 13.2 Å². The van der Waals surface area contributed by atoms with Crippen molar-refractivity contribution in [2.24, 2.45) is 5.92 Å². The number of hydrogen-bond acceptors (Lipinski definition) is 4. The minimum Gasteiger partial charge on any atom is -0.379 e. The number of fused-ring (bicyclic) bond motifs is 1. The van der Waals surface area contributed by atoms with Crippen LogP contribution in [0, 0.1) is 11.7 Å². The number of benzene rings is 3. The fourth-order valence-corrected chi connectivity index (χ4v) is 5.95. The van der Waals surface area contributed by atoms with Gasteiger partial charge in [0, 0.05) is 38.3 Å². The van der Waals surface area contributed by atoms with Gasteiger partial charge < -0.3 is 19.4 Å². The molecule has 6 rings (SSSR count). The van der Waals surface area contributed by atoms with E-state index >= 15 is 0 Å². The first-order chi connectivity index (χ1) is 18.6. The lowest BCUT2D eigenvalue weighted by Gasteiger charge is -2.33. The second-order valence-corrected chi connectivity index (χ2v) is 11.0. The van der Waals surface area contributed by atoms with Gasteiger partial charge in [-0.3, -0.25) is 4.79 Å². The van der Waals surface area contributed by atoms with Crippen LogP contribution in [0.4, 0.5) is 4.39 Å². The Bertz CT molecular complexity index is 1180. The molecule has 38 heavy (non-hydrogen) atoms. The van der Waals surface area contributed by atoms with Crippen molar-refractivity contribution in [1.82, 2.24) is 14.7 Å². The molecule has 1 amide bonds. The second-order valence-electron chi connectivity index (χ2n) is 11.0. The summed E-state index contributed by atoms with van der Waals surface area (Å²) in [5.41, 5.74) is 2.08. The summed E-state index contributed by atoms with van der Waals surface area (Å²) >= 11 is 0. The number of likely N-dealkylation sites (N-methyl/N-ethyl adjacent to an activating group) is 1. The summed E-state index contributed by atoms with van der Waals surface area (Å²) in [6.45, 7) is 8.94. The van der Waals surface area contributed by atoms with Crippen molar-refractivity contribution in [3.05, 3.63) is 83.7 Å². The Morgan fingerprint density at radius 2 is 1.58 bits per heavy atom. The van der Waals surface area contributed by atoms with Crippen LogP contribution >= 0.6 is 0 Å². The summed E-state index contributed by atoms with van der Waals surface area (Å²) in [7, 11) is 2.11. The van der Waals surface area contributed by atoms with E-state index in [9.17, 15) is 9.18 Å². The number of ether oxygens (including phenoxy) is 1. The lowest BCUT2D eigenvalue weighted by Crippen LogP contribution is -2.37. The molecule has 0 radical (unpaired) electrons. The zero-order valence-electron chi connectivity index (χ0n) is 22.5. The van der Waals surface area contributed by atoms with Gasteiger partial charge >= 0.3 is 0 Å². The van der Waals surface area contributed by atoms with E-state index in [0.29, 0.717) is 11.8 Å². The number of amides is 1. The molecule has 3 aliphatic heterocycles. The predicted molar refractivity (Wildman–Crippen MR) is 151 cm³/mol. The van der Waals surface area contributed by atoms with Crippen LogP contribution in [-0.2, 0) is 4.74 Å².